The fourth-order valence-electron chi connectivity index (χ4n) is 2.14. The van der Waals surface area contributed by atoms with Gasteiger partial charge in [-0.15, -0.1) is 0 Å². The molecule has 0 aromatic heterocycles. The van der Waals surface area contributed by atoms with Crippen molar-refractivity contribution in [3.8, 4) is 5.75 Å². The van der Waals surface area contributed by atoms with E-state index in [1.807, 2.05) is 0 Å². The number of benzene rings is 1. The lowest BCUT2D eigenvalue weighted by atomic mass is 10.1. The van der Waals surface area contributed by atoms with Crippen molar-refractivity contribution in [3.63, 3.8) is 0 Å². The number of hydrogen-bond acceptors (Lipinski definition) is 3. The number of para-hydroxylation sites is 1. The van der Waals surface area contributed by atoms with Gasteiger partial charge in [0.15, 0.2) is 0 Å². The van der Waals surface area contributed by atoms with Crippen LogP contribution >= 0.6 is 0 Å². The van der Waals surface area contributed by atoms with Crippen molar-refractivity contribution in [1.29, 1.82) is 0 Å². The quantitative estimate of drug-likeness (QED) is 0.863. The summed E-state index contributed by atoms with van der Waals surface area (Å²) < 4.78 is 5.62. The Morgan fingerprint density at radius 3 is 2.94 bits per heavy atom. The number of nitrogens with zero attached hydrogens (tertiary/aromatic N) is 1. The Labute approximate surface area is 101 Å². The Morgan fingerprint density at radius 1 is 1.53 bits per heavy atom. The van der Waals surface area contributed by atoms with E-state index in [0.717, 1.165) is 19.5 Å². The summed E-state index contributed by atoms with van der Waals surface area (Å²) in [5, 5.41) is 9.01. The molecular weight excluding hydrogens is 218 g/mol. The first-order chi connectivity index (χ1) is 8.16. The Balaban J connectivity index is 1.97. The van der Waals surface area contributed by atoms with Crippen LogP contribution < -0.4 is 4.74 Å². The van der Waals surface area contributed by atoms with Crippen LogP contribution in [0.4, 0.5) is 0 Å². The van der Waals surface area contributed by atoms with Crippen molar-refractivity contribution >= 4 is 5.97 Å². The zero-order valence-corrected chi connectivity index (χ0v) is 9.93. The molecule has 0 saturated carbocycles. The van der Waals surface area contributed by atoms with Gasteiger partial charge in [0.1, 0.15) is 11.3 Å². The van der Waals surface area contributed by atoms with Gasteiger partial charge in [-0.2, -0.15) is 0 Å². The molecule has 1 aliphatic heterocycles. The van der Waals surface area contributed by atoms with E-state index < -0.39 is 5.97 Å². The molecule has 1 heterocycles. The lowest BCUT2D eigenvalue weighted by Crippen LogP contribution is -2.18. The highest BCUT2D eigenvalue weighted by atomic mass is 16.5. The number of carboxylic acids is 1. The number of hydrogen-bond donors (Lipinski definition) is 1. The van der Waals surface area contributed by atoms with E-state index in [1.54, 1.807) is 24.3 Å². The molecule has 1 saturated heterocycles. The fourth-order valence-corrected chi connectivity index (χ4v) is 2.14. The number of carbonyl (C=O) groups is 1. The van der Waals surface area contributed by atoms with Crippen LogP contribution in [-0.4, -0.2) is 42.7 Å². The molecule has 1 aliphatic rings. The Hall–Kier alpha value is -1.55. The van der Waals surface area contributed by atoms with Crippen LogP contribution in [0.15, 0.2) is 24.3 Å². The fraction of sp³-hybridized carbons (Fsp3) is 0.462. The zero-order valence-electron chi connectivity index (χ0n) is 9.93. The topological polar surface area (TPSA) is 49.8 Å². The number of likely N-dealkylation sites (tertiary alicyclic amines) is 1. The smallest absolute Gasteiger partial charge is 0.339 e. The highest BCUT2D eigenvalue weighted by Gasteiger charge is 2.20. The average molecular weight is 235 g/mol. The van der Waals surface area contributed by atoms with Gasteiger partial charge in [0, 0.05) is 12.5 Å². The maximum absolute atomic E-state index is 11.0. The number of rotatable bonds is 4. The minimum absolute atomic E-state index is 0.235. The minimum atomic E-state index is -0.941. The van der Waals surface area contributed by atoms with Crippen LogP contribution in [0.5, 0.6) is 5.75 Å². The minimum Gasteiger partial charge on any atom is -0.492 e. The molecule has 17 heavy (non-hydrogen) atoms. The van der Waals surface area contributed by atoms with E-state index in [0.29, 0.717) is 18.3 Å². The summed E-state index contributed by atoms with van der Waals surface area (Å²) >= 11 is 0. The molecule has 1 aromatic carbocycles. The lowest BCUT2D eigenvalue weighted by molar-refractivity contribution is 0.0691. The molecule has 4 nitrogen and oxygen atoms in total. The van der Waals surface area contributed by atoms with Crippen molar-refractivity contribution in [3.05, 3.63) is 29.8 Å². The number of ether oxygens (including phenoxy) is 1. The monoisotopic (exact) mass is 235 g/mol. The largest absolute Gasteiger partial charge is 0.492 e. The first kappa shape index (κ1) is 11.9. The van der Waals surface area contributed by atoms with E-state index in [-0.39, 0.29) is 5.56 Å². The summed E-state index contributed by atoms with van der Waals surface area (Å²) in [6.45, 7) is 2.71. The molecule has 4 heteroatoms. The second-order valence-electron chi connectivity index (χ2n) is 4.53. The summed E-state index contributed by atoms with van der Waals surface area (Å²) in [5.41, 5.74) is 0.235. The summed E-state index contributed by atoms with van der Waals surface area (Å²) in [6.07, 6.45) is 1.12. The SMILES string of the molecule is CN1CCC(COc2ccccc2C(=O)O)C1. The van der Waals surface area contributed by atoms with Gasteiger partial charge >= 0.3 is 5.97 Å². The van der Waals surface area contributed by atoms with Crippen molar-refractivity contribution in [2.75, 3.05) is 26.7 Å². The molecule has 1 atom stereocenters. The highest BCUT2D eigenvalue weighted by Crippen LogP contribution is 2.21. The molecule has 0 aliphatic carbocycles. The molecule has 0 bridgehead atoms. The zero-order chi connectivity index (χ0) is 12.3. The summed E-state index contributed by atoms with van der Waals surface area (Å²) in [5.74, 6) is 0.0283. The molecule has 1 fully saturated rings. The predicted molar refractivity (Wildman–Crippen MR) is 64.5 cm³/mol. The van der Waals surface area contributed by atoms with Crippen LogP contribution in [-0.2, 0) is 0 Å². The second-order valence-corrected chi connectivity index (χ2v) is 4.53. The van der Waals surface area contributed by atoms with Gasteiger partial charge in [-0.05, 0) is 32.1 Å². The van der Waals surface area contributed by atoms with Gasteiger partial charge in [-0.1, -0.05) is 12.1 Å². The van der Waals surface area contributed by atoms with E-state index >= 15 is 0 Å². The molecule has 0 amide bonds. The van der Waals surface area contributed by atoms with Crippen LogP contribution in [0, 0.1) is 5.92 Å². The molecule has 1 N–H and O–H groups in total. The third kappa shape index (κ3) is 2.97. The molecular formula is C13H17NO3. The third-order valence-corrected chi connectivity index (χ3v) is 3.08. The van der Waals surface area contributed by atoms with Gasteiger partial charge in [0.2, 0.25) is 0 Å². The van der Waals surface area contributed by atoms with Crippen molar-refractivity contribution in [2.24, 2.45) is 5.92 Å². The van der Waals surface area contributed by atoms with Gasteiger partial charge < -0.3 is 14.7 Å². The molecule has 1 unspecified atom stereocenters. The average Bonchev–Trinajstić information content (AvgIpc) is 2.73. The van der Waals surface area contributed by atoms with Crippen molar-refractivity contribution in [2.45, 2.75) is 6.42 Å². The first-order valence-corrected chi connectivity index (χ1v) is 5.80. The maximum Gasteiger partial charge on any atom is 0.339 e. The molecule has 0 spiro atoms. The van der Waals surface area contributed by atoms with Gasteiger partial charge in [0.25, 0.3) is 0 Å². The lowest BCUT2D eigenvalue weighted by Gasteiger charge is -2.13. The van der Waals surface area contributed by atoms with Crippen LogP contribution in [0.25, 0.3) is 0 Å². The number of aromatic carboxylic acids is 1. The number of carboxylic acid groups (broad SMARTS) is 1. The summed E-state index contributed by atoms with van der Waals surface area (Å²) in [7, 11) is 2.09. The predicted octanol–water partition coefficient (Wildman–Crippen LogP) is 1.72. The van der Waals surface area contributed by atoms with E-state index in [1.165, 1.54) is 0 Å². The van der Waals surface area contributed by atoms with Crippen LogP contribution in [0.2, 0.25) is 0 Å². The third-order valence-electron chi connectivity index (χ3n) is 3.08. The Bertz CT molecular complexity index is 405. The van der Waals surface area contributed by atoms with E-state index in [4.69, 9.17) is 9.84 Å². The molecule has 1 aromatic rings. The second kappa shape index (κ2) is 5.19. The highest BCUT2D eigenvalue weighted by molar-refractivity contribution is 5.90. The molecule has 2 rings (SSSR count). The normalized spacial score (nSPS) is 20.4. The first-order valence-electron chi connectivity index (χ1n) is 5.80. The summed E-state index contributed by atoms with van der Waals surface area (Å²) in [4.78, 5) is 13.2. The Kier molecular flexibility index (Phi) is 3.64. The van der Waals surface area contributed by atoms with E-state index in [9.17, 15) is 4.79 Å². The van der Waals surface area contributed by atoms with Crippen molar-refractivity contribution in [1.82, 2.24) is 4.90 Å². The Morgan fingerprint density at radius 2 is 2.29 bits per heavy atom. The van der Waals surface area contributed by atoms with E-state index in [2.05, 4.69) is 11.9 Å². The molecule has 0 radical (unpaired) electrons. The van der Waals surface area contributed by atoms with Crippen molar-refractivity contribution < 1.29 is 14.6 Å². The van der Waals surface area contributed by atoms with Gasteiger partial charge in [-0.25, -0.2) is 4.79 Å². The van der Waals surface area contributed by atoms with Crippen LogP contribution in [0.3, 0.4) is 0 Å². The maximum atomic E-state index is 11.0. The van der Waals surface area contributed by atoms with Crippen LogP contribution in [0.1, 0.15) is 16.8 Å². The molecule has 92 valence electrons. The van der Waals surface area contributed by atoms with Gasteiger partial charge in [0.05, 0.1) is 6.61 Å². The van der Waals surface area contributed by atoms with Gasteiger partial charge in [-0.3, -0.25) is 0 Å². The summed E-state index contributed by atoms with van der Waals surface area (Å²) in [6, 6.07) is 6.78. The standard InChI is InChI=1S/C13H17NO3/c1-14-7-6-10(8-14)9-17-12-5-3-2-4-11(12)13(15)16/h2-5,10H,6-9H2,1H3,(H,15,16).